The van der Waals surface area contributed by atoms with E-state index in [1.54, 1.807) is 0 Å². The Kier molecular flexibility index (Phi) is 4.21. The number of halogens is 1. The highest BCUT2D eigenvalue weighted by atomic mass is 79.9. The Morgan fingerprint density at radius 1 is 1.43 bits per heavy atom. The number of amides is 2. The van der Waals surface area contributed by atoms with Crippen LogP contribution < -0.4 is 5.32 Å². The summed E-state index contributed by atoms with van der Waals surface area (Å²) in [5, 5.41) is 7.97. The molecule has 2 saturated heterocycles. The van der Waals surface area contributed by atoms with E-state index in [0.29, 0.717) is 12.6 Å². The van der Waals surface area contributed by atoms with Crippen LogP contribution in [0.1, 0.15) is 25.2 Å². The van der Waals surface area contributed by atoms with Gasteiger partial charge >= 0.3 is 6.03 Å². The predicted molar refractivity (Wildman–Crippen MR) is 84.1 cm³/mol. The molecule has 2 aliphatic heterocycles. The average molecular weight is 356 g/mol. The topological polar surface area (TPSA) is 53.4 Å². The standard InChI is InChI=1S/C14H22BrN5O/c1-3-11-13(15)12(20(4-2)17-11)9-18-8-10-7-16-5-6-19(10)14(18)21/h10,16H,3-9H2,1-2H3. The first-order valence-electron chi connectivity index (χ1n) is 7.66. The van der Waals surface area contributed by atoms with Gasteiger partial charge in [-0.25, -0.2) is 4.79 Å². The summed E-state index contributed by atoms with van der Waals surface area (Å²) in [6.07, 6.45) is 0.896. The number of piperazine rings is 1. The largest absolute Gasteiger partial charge is 0.320 e. The van der Waals surface area contributed by atoms with Crippen LogP contribution in [0.2, 0.25) is 0 Å². The molecule has 6 nitrogen and oxygen atoms in total. The molecule has 0 bridgehead atoms. The van der Waals surface area contributed by atoms with Crippen molar-refractivity contribution in [2.75, 3.05) is 26.2 Å². The van der Waals surface area contributed by atoms with Crippen molar-refractivity contribution >= 4 is 22.0 Å². The van der Waals surface area contributed by atoms with Gasteiger partial charge in [-0.3, -0.25) is 4.68 Å². The van der Waals surface area contributed by atoms with Crippen molar-refractivity contribution in [3.8, 4) is 0 Å². The van der Waals surface area contributed by atoms with E-state index in [1.807, 2.05) is 14.5 Å². The summed E-state index contributed by atoms with van der Waals surface area (Å²) in [6.45, 7) is 9.05. The molecule has 7 heteroatoms. The van der Waals surface area contributed by atoms with Crippen molar-refractivity contribution in [3.05, 3.63) is 15.9 Å². The SMILES string of the molecule is CCc1nn(CC)c(CN2CC3CNCCN3C2=O)c1Br. The Hall–Kier alpha value is -1.08. The van der Waals surface area contributed by atoms with Gasteiger partial charge < -0.3 is 15.1 Å². The molecule has 2 amide bonds. The fourth-order valence-corrected chi connectivity index (χ4v) is 3.86. The Morgan fingerprint density at radius 2 is 2.24 bits per heavy atom. The van der Waals surface area contributed by atoms with Crippen molar-refractivity contribution in [2.45, 2.75) is 39.4 Å². The van der Waals surface area contributed by atoms with E-state index in [0.717, 1.165) is 55.0 Å². The first-order valence-corrected chi connectivity index (χ1v) is 8.45. The molecule has 3 rings (SSSR count). The highest BCUT2D eigenvalue weighted by Gasteiger charge is 2.38. The van der Waals surface area contributed by atoms with Gasteiger partial charge in [0.05, 0.1) is 28.4 Å². The molecule has 1 atom stereocenters. The Balaban J connectivity index is 1.81. The first-order chi connectivity index (χ1) is 10.2. The fourth-order valence-electron chi connectivity index (χ4n) is 3.17. The Bertz CT molecular complexity index is 544. The summed E-state index contributed by atoms with van der Waals surface area (Å²) >= 11 is 3.66. The smallest absolute Gasteiger partial charge is 0.317 e. The quantitative estimate of drug-likeness (QED) is 0.888. The van der Waals surface area contributed by atoms with Crippen LogP contribution in [0.25, 0.3) is 0 Å². The summed E-state index contributed by atoms with van der Waals surface area (Å²) in [5.41, 5.74) is 2.17. The number of hydrogen-bond acceptors (Lipinski definition) is 3. The van der Waals surface area contributed by atoms with Crippen LogP contribution in [0.4, 0.5) is 4.79 Å². The molecular weight excluding hydrogens is 334 g/mol. The monoisotopic (exact) mass is 355 g/mol. The van der Waals surface area contributed by atoms with Crippen molar-refractivity contribution in [1.29, 1.82) is 0 Å². The minimum atomic E-state index is 0.162. The maximum atomic E-state index is 12.5. The summed E-state index contributed by atoms with van der Waals surface area (Å²) in [7, 11) is 0. The van der Waals surface area contributed by atoms with Crippen LogP contribution in [-0.4, -0.2) is 57.8 Å². The predicted octanol–water partition coefficient (Wildman–Crippen LogP) is 1.44. The first kappa shape index (κ1) is 14.8. The molecule has 116 valence electrons. The van der Waals surface area contributed by atoms with Gasteiger partial charge in [0, 0.05) is 32.7 Å². The van der Waals surface area contributed by atoms with Gasteiger partial charge in [0.15, 0.2) is 0 Å². The van der Waals surface area contributed by atoms with Crippen molar-refractivity contribution in [1.82, 2.24) is 24.9 Å². The third kappa shape index (κ3) is 2.57. The number of rotatable bonds is 4. The fraction of sp³-hybridized carbons (Fsp3) is 0.714. The molecule has 0 saturated carbocycles. The molecule has 3 heterocycles. The number of nitrogens with zero attached hydrogens (tertiary/aromatic N) is 4. The maximum Gasteiger partial charge on any atom is 0.320 e. The van der Waals surface area contributed by atoms with Crippen LogP contribution in [0.15, 0.2) is 4.47 Å². The second-order valence-corrected chi connectivity index (χ2v) is 6.38. The number of fused-ring (bicyclic) bond motifs is 1. The molecule has 0 spiro atoms. The van der Waals surface area contributed by atoms with E-state index in [9.17, 15) is 4.79 Å². The van der Waals surface area contributed by atoms with Crippen molar-refractivity contribution in [2.24, 2.45) is 0 Å². The van der Waals surface area contributed by atoms with Gasteiger partial charge in [0.2, 0.25) is 0 Å². The van der Waals surface area contributed by atoms with Crippen LogP contribution in [-0.2, 0) is 19.5 Å². The molecule has 2 fully saturated rings. The van der Waals surface area contributed by atoms with E-state index in [-0.39, 0.29) is 6.03 Å². The third-order valence-corrected chi connectivity index (χ3v) is 5.25. The molecule has 0 radical (unpaired) electrons. The molecule has 1 N–H and O–H groups in total. The number of urea groups is 1. The summed E-state index contributed by atoms with van der Waals surface area (Å²) in [4.78, 5) is 16.5. The lowest BCUT2D eigenvalue weighted by Crippen LogP contribution is -2.49. The zero-order chi connectivity index (χ0) is 15.0. The van der Waals surface area contributed by atoms with Gasteiger partial charge in [0.1, 0.15) is 0 Å². The molecule has 21 heavy (non-hydrogen) atoms. The highest BCUT2D eigenvalue weighted by molar-refractivity contribution is 9.10. The summed E-state index contributed by atoms with van der Waals surface area (Å²) < 4.78 is 3.06. The van der Waals surface area contributed by atoms with Crippen molar-refractivity contribution < 1.29 is 4.79 Å². The van der Waals surface area contributed by atoms with E-state index < -0.39 is 0 Å². The molecule has 1 aromatic rings. The third-order valence-electron chi connectivity index (χ3n) is 4.33. The Labute approximate surface area is 133 Å². The van der Waals surface area contributed by atoms with Crippen LogP contribution >= 0.6 is 15.9 Å². The maximum absolute atomic E-state index is 12.5. The molecular formula is C14H22BrN5O. The van der Waals surface area contributed by atoms with E-state index >= 15 is 0 Å². The lowest BCUT2D eigenvalue weighted by Gasteiger charge is -2.28. The zero-order valence-corrected chi connectivity index (χ0v) is 14.2. The van der Waals surface area contributed by atoms with Crippen LogP contribution in [0, 0.1) is 0 Å². The lowest BCUT2D eigenvalue weighted by molar-refractivity contribution is 0.177. The number of nitrogens with one attached hydrogen (secondary N) is 1. The van der Waals surface area contributed by atoms with Gasteiger partial charge in [0.25, 0.3) is 0 Å². The number of hydrogen-bond donors (Lipinski definition) is 1. The van der Waals surface area contributed by atoms with Gasteiger partial charge in [-0.2, -0.15) is 5.10 Å². The van der Waals surface area contributed by atoms with Gasteiger partial charge in [-0.1, -0.05) is 6.92 Å². The Morgan fingerprint density at radius 3 is 2.90 bits per heavy atom. The number of carbonyl (C=O) groups excluding carboxylic acids is 1. The van der Waals surface area contributed by atoms with Gasteiger partial charge in [-0.05, 0) is 29.3 Å². The second kappa shape index (κ2) is 5.96. The zero-order valence-electron chi connectivity index (χ0n) is 12.6. The summed E-state index contributed by atoms with van der Waals surface area (Å²) in [6, 6.07) is 0.476. The number of aromatic nitrogens is 2. The molecule has 0 aromatic carbocycles. The summed E-state index contributed by atoms with van der Waals surface area (Å²) in [5.74, 6) is 0. The molecule has 0 aliphatic carbocycles. The second-order valence-electron chi connectivity index (χ2n) is 5.59. The van der Waals surface area contributed by atoms with Crippen LogP contribution in [0.3, 0.4) is 0 Å². The normalized spacial score (nSPS) is 22.0. The van der Waals surface area contributed by atoms with Gasteiger partial charge in [-0.15, -0.1) is 0 Å². The minimum absolute atomic E-state index is 0.162. The van der Waals surface area contributed by atoms with E-state index in [2.05, 4.69) is 40.2 Å². The highest BCUT2D eigenvalue weighted by Crippen LogP contribution is 2.26. The molecule has 2 aliphatic rings. The van der Waals surface area contributed by atoms with Crippen molar-refractivity contribution in [3.63, 3.8) is 0 Å². The van der Waals surface area contributed by atoms with E-state index in [1.165, 1.54) is 0 Å². The lowest BCUT2D eigenvalue weighted by atomic mass is 10.2. The number of carbonyl (C=O) groups is 1. The van der Waals surface area contributed by atoms with E-state index in [4.69, 9.17) is 0 Å². The van der Waals surface area contributed by atoms with Crippen LogP contribution in [0.5, 0.6) is 0 Å². The average Bonchev–Trinajstić information content (AvgIpc) is 2.99. The minimum Gasteiger partial charge on any atom is -0.317 e. The molecule has 1 aromatic heterocycles. The molecule has 1 unspecified atom stereocenters. The number of aryl methyl sites for hydroxylation is 2.